The second kappa shape index (κ2) is 7.49. The molecule has 0 saturated carbocycles. The number of aliphatic hydroxyl groups excluding tert-OH is 1. The van der Waals surface area contributed by atoms with E-state index in [1.54, 1.807) is 29.5 Å². The maximum absolute atomic E-state index is 13.4. The molecule has 114 valence electrons. The van der Waals surface area contributed by atoms with Crippen LogP contribution in [-0.2, 0) is 6.54 Å². The Balaban J connectivity index is 1.76. The molecule has 1 heterocycles. The van der Waals surface area contributed by atoms with Gasteiger partial charge in [0.05, 0.1) is 5.01 Å². The van der Waals surface area contributed by atoms with Gasteiger partial charge in [-0.05, 0) is 26.1 Å². The molecule has 0 spiro atoms. The first-order valence-electron chi connectivity index (χ1n) is 6.70. The van der Waals surface area contributed by atoms with E-state index in [2.05, 4.69) is 4.98 Å². The molecule has 0 radical (unpaired) electrons. The van der Waals surface area contributed by atoms with Gasteiger partial charge in [0.2, 0.25) is 0 Å². The molecule has 1 atom stereocenters. The summed E-state index contributed by atoms with van der Waals surface area (Å²) in [4.78, 5) is 7.34. The summed E-state index contributed by atoms with van der Waals surface area (Å²) in [6.07, 6.45) is 1.17. The van der Waals surface area contributed by atoms with Crippen LogP contribution in [0.5, 0.6) is 5.75 Å². The van der Waals surface area contributed by atoms with E-state index in [-0.39, 0.29) is 12.4 Å². The summed E-state index contributed by atoms with van der Waals surface area (Å²) in [5.41, 5.74) is 0. The van der Waals surface area contributed by atoms with E-state index in [9.17, 15) is 9.50 Å². The van der Waals surface area contributed by atoms with Gasteiger partial charge in [-0.1, -0.05) is 12.1 Å². The normalized spacial score (nSPS) is 12.6. The number of halogens is 1. The van der Waals surface area contributed by atoms with E-state index >= 15 is 0 Å². The number of para-hydroxylation sites is 1. The van der Waals surface area contributed by atoms with Crippen molar-refractivity contribution in [3.63, 3.8) is 0 Å². The van der Waals surface area contributed by atoms with Crippen LogP contribution < -0.4 is 4.74 Å². The van der Waals surface area contributed by atoms with Gasteiger partial charge < -0.3 is 9.84 Å². The lowest BCUT2D eigenvalue weighted by Gasteiger charge is -2.20. The Morgan fingerprint density at radius 1 is 1.43 bits per heavy atom. The van der Waals surface area contributed by atoms with Crippen molar-refractivity contribution < 1.29 is 14.2 Å². The molecule has 0 aliphatic carbocycles. The molecule has 1 aromatic heterocycles. The summed E-state index contributed by atoms with van der Waals surface area (Å²) in [5, 5.41) is 11.0. The van der Waals surface area contributed by atoms with Gasteiger partial charge in [0, 0.05) is 24.2 Å². The van der Waals surface area contributed by atoms with Gasteiger partial charge in [-0.15, -0.1) is 11.3 Å². The van der Waals surface area contributed by atoms with Gasteiger partial charge in [-0.2, -0.15) is 0 Å². The van der Waals surface area contributed by atoms with E-state index in [0.717, 1.165) is 16.4 Å². The highest BCUT2D eigenvalue weighted by atomic mass is 32.1. The first kappa shape index (κ1) is 15.9. The fraction of sp³-hybridized carbons (Fsp3) is 0.400. The van der Waals surface area contributed by atoms with Gasteiger partial charge in [-0.25, -0.2) is 9.37 Å². The topological polar surface area (TPSA) is 45.6 Å². The van der Waals surface area contributed by atoms with Crippen LogP contribution in [0.2, 0.25) is 0 Å². The minimum Gasteiger partial charge on any atom is -0.488 e. The number of thiazole rings is 1. The Morgan fingerprint density at radius 3 is 2.86 bits per heavy atom. The van der Waals surface area contributed by atoms with Crippen molar-refractivity contribution in [3.8, 4) is 5.75 Å². The quantitative estimate of drug-likeness (QED) is 0.853. The predicted octanol–water partition coefficient (Wildman–Crippen LogP) is 2.46. The Hall–Kier alpha value is -1.50. The minimum absolute atomic E-state index is 0.0625. The van der Waals surface area contributed by atoms with Crippen molar-refractivity contribution in [2.45, 2.75) is 19.6 Å². The van der Waals surface area contributed by atoms with Crippen molar-refractivity contribution in [2.24, 2.45) is 0 Å². The molecule has 0 amide bonds. The molecule has 0 saturated heterocycles. The lowest BCUT2D eigenvalue weighted by atomic mass is 10.3. The fourth-order valence-corrected chi connectivity index (χ4v) is 2.84. The number of hydrogen-bond acceptors (Lipinski definition) is 5. The Morgan fingerprint density at radius 2 is 2.19 bits per heavy atom. The van der Waals surface area contributed by atoms with Crippen LogP contribution in [0.15, 0.2) is 30.5 Å². The predicted molar refractivity (Wildman–Crippen MR) is 81.1 cm³/mol. The van der Waals surface area contributed by atoms with Crippen LogP contribution in [0.25, 0.3) is 0 Å². The Labute approximate surface area is 127 Å². The van der Waals surface area contributed by atoms with Crippen molar-refractivity contribution in [2.75, 3.05) is 20.2 Å². The van der Waals surface area contributed by atoms with Crippen LogP contribution in [0, 0.1) is 12.7 Å². The van der Waals surface area contributed by atoms with Gasteiger partial charge in [0.15, 0.2) is 11.6 Å². The molecular formula is C15H19FN2O2S. The van der Waals surface area contributed by atoms with Crippen molar-refractivity contribution in [1.82, 2.24) is 9.88 Å². The number of aromatic nitrogens is 1. The zero-order valence-electron chi connectivity index (χ0n) is 12.1. The average Bonchev–Trinajstić information content (AvgIpc) is 2.83. The molecule has 21 heavy (non-hydrogen) atoms. The van der Waals surface area contributed by atoms with Crippen LogP contribution >= 0.6 is 11.3 Å². The fourth-order valence-electron chi connectivity index (χ4n) is 1.97. The average molecular weight is 310 g/mol. The van der Waals surface area contributed by atoms with E-state index in [4.69, 9.17) is 4.74 Å². The van der Waals surface area contributed by atoms with Crippen LogP contribution in [-0.4, -0.2) is 41.3 Å². The number of benzene rings is 1. The van der Waals surface area contributed by atoms with E-state index < -0.39 is 11.9 Å². The van der Waals surface area contributed by atoms with Crippen LogP contribution in [0.3, 0.4) is 0 Å². The van der Waals surface area contributed by atoms with Crippen molar-refractivity contribution in [3.05, 3.63) is 46.2 Å². The SMILES string of the molecule is Cc1ncc(CN(C)CC(O)COc2ccccc2F)s1. The largest absolute Gasteiger partial charge is 0.488 e. The second-order valence-corrected chi connectivity index (χ2v) is 6.26. The van der Waals surface area contributed by atoms with Crippen molar-refractivity contribution >= 4 is 11.3 Å². The first-order chi connectivity index (χ1) is 10.0. The van der Waals surface area contributed by atoms with Crippen molar-refractivity contribution in [1.29, 1.82) is 0 Å². The summed E-state index contributed by atoms with van der Waals surface area (Å²) >= 11 is 1.64. The monoisotopic (exact) mass is 310 g/mol. The molecule has 4 nitrogen and oxygen atoms in total. The number of likely N-dealkylation sites (N-methyl/N-ethyl adjacent to an activating group) is 1. The van der Waals surface area contributed by atoms with Gasteiger partial charge >= 0.3 is 0 Å². The summed E-state index contributed by atoms with van der Waals surface area (Å²) in [7, 11) is 1.92. The number of hydrogen-bond donors (Lipinski definition) is 1. The smallest absolute Gasteiger partial charge is 0.165 e. The maximum atomic E-state index is 13.4. The Kier molecular flexibility index (Phi) is 5.67. The molecule has 2 rings (SSSR count). The molecule has 6 heteroatoms. The molecule has 0 aliphatic rings. The third-order valence-electron chi connectivity index (χ3n) is 2.89. The summed E-state index contributed by atoms with van der Waals surface area (Å²) < 4.78 is 18.7. The molecular weight excluding hydrogens is 291 g/mol. The number of ether oxygens (including phenoxy) is 1. The standard InChI is InChI=1S/C15H19FN2O2S/c1-11-17-7-13(21-11)9-18(2)8-12(19)10-20-15-6-4-3-5-14(15)16/h3-7,12,19H,8-10H2,1-2H3. The van der Waals surface area contributed by atoms with Gasteiger partial charge in [0.25, 0.3) is 0 Å². The second-order valence-electron chi connectivity index (χ2n) is 4.94. The highest BCUT2D eigenvalue weighted by Crippen LogP contribution is 2.16. The third kappa shape index (κ3) is 5.08. The first-order valence-corrected chi connectivity index (χ1v) is 7.51. The van der Waals surface area contributed by atoms with E-state index in [0.29, 0.717) is 6.54 Å². The molecule has 0 fully saturated rings. The summed E-state index contributed by atoms with van der Waals surface area (Å²) in [6, 6.07) is 6.18. The number of rotatable bonds is 7. The molecule has 0 aliphatic heterocycles. The molecule has 1 unspecified atom stereocenters. The molecule has 0 bridgehead atoms. The van der Waals surface area contributed by atoms with Crippen LogP contribution in [0.4, 0.5) is 4.39 Å². The number of aryl methyl sites for hydroxylation is 1. The third-order valence-corrected chi connectivity index (χ3v) is 3.78. The molecule has 2 aromatic rings. The molecule has 1 N–H and O–H groups in total. The lowest BCUT2D eigenvalue weighted by molar-refractivity contribution is 0.0731. The van der Waals surface area contributed by atoms with E-state index in [1.165, 1.54) is 6.07 Å². The minimum atomic E-state index is -0.677. The Bertz CT molecular complexity index is 576. The molecule has 1 aromatic carbocycles. The summed E-state index contributed by atoms with van der Waals surface area (Å²) in [6.45, 7) is 3.20. The lowest BCUT2D eigenvalue weighted by Crippen LogP contribution is -2.32. The van der Waals surface area contributed by atoms with Crippen LogP contribution in [0.1, 0.15) is 9.88 Å². The zero-order valence-corrected chi connectivity index (χ0v) is 12.9. The number of nitrogens with zero attached hydrogens (tertiary/aromatic N) is 2. The number of aliphatic hydroxyl groups is 1. The van der Waals surface area contributed by atoms with Gasteiger partial charge in [0.1, 0.15) is 12.7 Å². The summed E-state index contributed by atoms with van der Waals surface area (Å²) in [5.74, 6) is -0.254. The highest BCUT2D eigenvalue weighted by molar-refractivity contribution is 7.11. The highest BCUT2D eigenvalue weighted by Gasteiger charge is 2.12. The zero-order chi connectivity index (χ0) is 15.2. The maximum Gasteiger partial charge on any atom is 0.165 e. The van der Waals surface area contributed by atoms with E-state index in [1.807, 2.05) is 25.1 Å². The van der Waals surface area contributed by atoms with Gasteiger partial charge in [-0.3, -0.25) is 4.90 Å².